The fourth-order valence-electron chi connectivity index (χ4n) is 2.92. The Morgan fingerprint density at radius 3 is 2.72 bits per heavy atom. The highest BCUT2D eigenvalue weighted by atomic mass is 35.5. The molecule has 2 rings (SSSR count). The van der Waals surface area contributed by atoms with Crippen LogP contribution in [0.1, 0.15) is 51.6 Å². The monoisotopic (exact) mass is 269 g/mol. The molecule has 1 aromatic rings. The number of aromatic nitrogens is 2. The Hall–Kier alpha value is -0.540. The predicted octanol–water partition coefficient (Wildman–Crippen LogP) is 3.35. The van der Waals surface area contributed by atoms with Crippen molar-refractivity contribution < 1.29 is 0 Å². The van der Waals surface area contributed by atoms with E-state index in [-0.39, 0.29) is 5.54 Å². The topological polar surface area (TPSA) is 29.9 Å². The van der Waals surface area contributed by atoms with Crippen molar-refractivity contribution >= 4 is 11.6 Å². The van der Waals surface area contributed by atoms with Gasteiger partial charge in [0.2, 0.25) is 0 Å². The van der Waals surface area contributed by atoms with Gasteiger partial charge >= 0.3 is 0 Å². The number of nitrogens with one attached hydrogen (secondary N) is 1. The Morgan fingerprint density at radius 2 is 2.17 bits per heavy atom. The Labute approximate surface area is 115 Å². The predicted molar refractivity (Wildman–Crippen MR) is 76.1 cm³/mol. The molecule has 0 radical (unpaired) electrons. The third-order valence-corrected chi connectivity index (χ3v) is 4.13. The molecular formula is C14H24ClN3. The first-order chi connectivity index (χ1) is 8.38. The van der Waals surface area contributed by atoms with Gasteiger partial charge in [-0.3, -0.25) is 4.68 Å². The summed E-state index contributed by atoms with van der Waals surface area (Å²) < 4.78 is 1.95. The Morgan fingerprint density at radius 1 is 1.44 bits per heavy atom. The maximum Gasteiger partial charge on any atom is 0.0820 e. The highest BCUT2D eigenvalue weighted by molar-refractivity contribution is 6.31. The van der Waals surface area contributed by atoms with Gasteiger partial charge in [0.25, 0.3) is 0 Å². The fraction of sp³-hybridized carbons (Fsp3) is 0.786. The SMILES string of the molecule is Cn1ncc(Cl)c1C1CCCC1CNC(C)(C)C. The van der Waals surface area contributed by atoms with E-state index in [1.807, 2.05) is 11.7 Å². The molecule has 0 aromatic carbocycles. The van der Waals surface area contributed by atoms with Crippen LogP contribution in [-0.4, -0.2) is 21.9 Å². The van der Waals surface area contributed by atoms with Crippen LogP contribution in [0.2, 0.25) is 5.02 Å². The van der Waals surface area contributed by atoms with Crippen molar-refractivity contribution in [2.24, 2.45) is 13.0 Å². The molecule has 1 aromatic heterocycles. The van der Waals surface area contributed by atoms with Crippen molar-refractivity contribution in [3.8, 4) is 0 Å². The van der Waals surface area contributed by atoms with Crippen LogP contribution < -0.4 is 5.32 Å². The van der Waals surface area contributed by atoms with E-state index >= 15 is 0 Å². The summed E-state index contributed by atoms with van der Waals surface area (Å²) in [5, 5.41) is 8.71. The average Bonchev–Trinajstić information content (AvgIpc) is 2.82. The van der Waals surface area contributed by atoms with Crippen LogP contribution in [-0.2, 0) is 7.05 Å². The largest absolute Gasteiger partial charge is 0.312 e. The second-order valence-corrected chi connectivity index (χ2v) is 6.84. The van der Waals surface area contributed by atoms with Gasteiger partial charge in [-0.15, -0.1) is 0 Å². The maximum atomic E-state index is 6.28. The summed E-state index contributed by atoms with van der Waals surface area (Å²) in [4.78, 5) is 0. The van der Waals surface area contributed by atoms with Gasteiger partial charge in [-0.1, -0.05) is 18.0 Å². The third kappa shape index (κ3) is 3.07. The molecular weight excluding hydrogens is 246 g/mol. The van der Waals surface area contributed by atoms with Gasteiger partial charge in [0, 0.05) is 18.5 Å². The second kappa shape index (κ2) is 5.22. The van der Waals surface area contributed by atoms with E-state index in [0.717, 1.165) is 11.6 Å². The van der Waals surface area contributed by atoms with Gasteiger partial charge in [0.15, 0.2) is 0 Å². The van der Waals surface area contributed by atoms with Gasteiger partial charge in [0.1, 0.15) is 0 Å². The second-order valence-electron chi connectivity index (χ2n) is 6.43. The average molecular weight is 270 g/mol. The molecule has 4 heteroatoms. The van der Waals surface area contributed by atoms with Crippen LogP contribution in [0.5, 0.6) is 0 Å². The molecule has 0 amide bonds. The van der Waals surface area contributed by atoms with Crippen molar-refractivity contribution in [2.45, 2.75) is 51.5 Å². The minimum Gasteiger partial charge on any atom is -0.312 e. The molecule has 1 N–H and O–H groups in total. The lowest BCUT2D eigenvalue weighted by molar-refractivity contribution is 0.351. The molecule has 0 bridgehead atoms. The zero-order chi connectivity index (χ0) is 13.3. The Kier molecular flexibility index (Phi) is 4.02. The Bertz CT molecular complexity index is 386. The molecule has 1 aliphatic carbocycles. The van der Waals surface area contributed by atoms with Crippen molar-refractivity contribution in [3.05, 3.63) is 16.9 Å². The van der Waals surface area contributed by atoms with Crippen LogP contribution in [0.25, 0.3) is 0 Å². The minimum atomic E-state index is 0.184. The lowest BCUT2D eigenvalue weighted by atomic mass is 9.92. The molecule has 1 aliphatic rings. The normalized spacial score (nSPS) is 24.7. The van der Waals surface area contributed by atoms with Crippen LogP contribution in [0, 0.1) is 5.92 Å². The summed E-state index contributed by atoms with van der Waals surface area (Å²) >= 11 is 6.28. The highest BCUT2D eigenvalue weighted by Crippen LogP contribution is 2.41. The van der Waals surface area contributed by atoms with Gasteiger partial charge in [-0.2, -0.15) is 5.10 Å². The van der Waals surface area contributed by atoms with Crippen LogP contribution in [0.3, 0.4) is 0 Å². The maximum absolute atomic E-state index is 6.28. The van der Waals surface area contributed by atoms with Crippen LogP contribution in [0.15, 0.2) is 6.20 Å². The molecule has 1 fully saturated rings. The number of nitrogens with zero attached hydrogens (tertiary/aromatic N) is 2. The molecule has 102 valence electrons. The molecule has 3 nitrogen and oxygen atoms in total. The molecule has 1 heterocycles. The number of aryl methyl sites for hydroxylation is 1. The van der Waals surface area contributed by atoms with Crippen LogP contribution >= 0.6 is 11.6 Å². The number of hydrogen-bond donors (Lipinski definition) is 1. The van der Waals surface area contributed by atoms with Gasteiger partial charge in [0.05, 0.1) is 16.9 Å². The summed E-state index contributed by atoms with van der Waals surface area (Å²) in [5.41, 5.74) is 1.40. The van der Waals surface area contributed by atoms with Crippen molar-refractivity contribution in [3.63, 3.8) is 0 Å². The molecule has 0 spiro atoms. The van der Waals surface area contributed by atoms with Crippen molar-refractivity contribution in [2.75, 3.05) is 6.54 Å². The smallest absolute Gasteiger partial charge is 0.0820 e. The molecule has 0 saturated heterocycles. The first-order valence-corrected chi connectivity index (χ1v) is 7.18. The molecule has 2 atom stereocenters. The molecule has 0 aliphatic heterocycles. The zero-order valence-electron chi connectivity index (χ0n) is 11.8. The standard InChI is InChI=1S/C14H24ClN3/c1-14(2,3)16-8-10-6-5-7-11(10)13-12(15)9-17-18(13)4/h9-11,16H,5-8H2,1-4H3. The number of hydrogen-bond acceptors (Lipinski definition) is 2. The highest BCUT2D eigenvalue weighted by Gasteiger charge is 2.32. The first kappa shape index (κ1) is 13.9. The summed E-state index contributed by atoms with van der Waals surface area (Å²) in [7, 11) is 1.99. The summed E-state index contributed by atoms with van der Waals surface area (Å²) in [6.45, 7) is 7.71. The number of halogens is 1. The fourth-order valence-corrected chi connectivity index (χ4v) is 3.22. The summed E-state index contributed by atoms with van der Waals surface area (Å²) in [5.74, 6) is 1.23. The van der Waals surface area contributed by atoms with E-state index in [1.165, 1.54) is 25.0 Å². The zero-order valence-corrected chi connectivity index (χ0v) is 12.6. The third-order valence-electron chi connectivity index (χ3n) is 3.84. The van der Waals surface area contributed by atoms with Crippen LogP contribution in [0.4, 0.5) is 0 Å². The van der Waals surface area contributed by atoms with E-state index < -0.39 is 0 Å². The minimum absolute atomic E-state index is 0.184. The van der Waals surface area contributed by atoms with E-state index in [0.29, 0.717) is 11.8 Å². The lowest BCUT2D eigenvalue weighted by Crippen LogP contribution is -2.39. The molecule has 2 unspecified atom stereocenters. The quantitative estimate of drug-likeness (QED) is 0.912. The van der Waals surface area contributed by atoms with Crippen molar-refractivity contribution in [1.29, 1.82) is 0 Å². The van der Waals surface area contributed by atoms with Crippen molar-refractivity contribution in [1.82, 2.24) is 15.1 Å². The van der Waals surface area contributed by atoms with E-state index in [9.17, 15) is 0 Å². The number of rotatable bonds is 3. The molecule has 1 saturated carbocycles. The van der Waals surface area contributed by atoms with Gasteiger partial charge in [-0.05, 0) is 46.1 Å². The van der Waals surface area contributed by atoms with E-state index in [2.05, 4.69) is 31.2 Å². The van der Waals surface area contributed by atoms with Gasteiger partial charge < -0.3 is 5.32 Å². The summed E-state index contributed by atoms with van der Waals surface area (Å²) in [6.07, 6.45) is 5.58. The molecule has 18 heavy (non-hydrogen) atoms. The van der Waals surface area contributed by atoms with E-state index in [1.54, 1.807) is 6.20 Å². The lowest BCUT2D eigenvalue weighted by Gasteiger charge is -2.26. The Balaban J connectivity index is 2.08. The van der Waals surface area contributed by atoms with E-state index in [4.69, 9.17) is 11.6 Å². The van der Waals surface area contributed by atoms with Gasteiger partial charge in [-0.25, -0.2) is 0 Å². The summed E-state index contributed by atoms with van der Waals surface area (Å²) in [6, 6.07) is 0. The first-order valence-electron chi connectivity index (χ1n) is 6.81.